The Hall–Kier alpha value is -2.36. The van der Waals surface area contributed by atoms with Crippen molar-refractivity contribution in [2.75, 3.05) is 47.9 Å². The van der Waals surface area contributed by atoms with Crippen molar-refractivity contribution in [3.63, 3.8) is 0 Å². The number of hydrogen-bond donors (Lipinski definition) is 0. The van der Waals surface area contributed by atoms with Crippen LogP contribution in [-0.4, -0.2) is 57.7 Å². The van der Waals surface area contributed by atoms with Gasteiger partial charge >= 0.3 is 0 Å². The van der Waals surface area contributed by atoms with E-state index in [9.17, 15) is 0 Å². The van der Waals surface area contributed by atoms with Crippen LogP contribution in [0.25, 0.3) is 16.7 Å². The second kappa shape index (κ2) is 9.91. The molecule has 0 saturated carbocycles. The Labute approximate surface area is 176 Å². The van der Waals surface area contributed by atoms with Crippen LogP contribution in [-0.2, 0) is 0 Å². The Morgan fingerprint density at radius 1 is 0.931 bits per heavy atom. The summed E-state index contributed by atoms with van der Waals surface area (Å²) in [6.45, 7) is 4.66. The van der Waals surface area contributed by atoms with Gasteiger partial charge in [0, 0.05) is 18.7 Å². The van der Waals surface area contributed by atoms with Crippen molar-refractivity contribution in [2.24, 2.45) is 0 Å². The van der Waals surface area contributed by atoms with E-state index >= 15 is 0 Å². The average Bonchev–Trinajstić information content (AvgIpc) is 2.68. The molecule has 0 heterocycles. The van der Waals surface area contributed by atoms with E-state index in [2.05, 4.69) is 106 Å². The number of likely N-dealkylation sites (N-methyl/N-ethyl adjacent to an activating group) is 2. The number of hydrogen-bond acceptors (Lipinski definition) is 3. The summed E-state index contributed by atoms with van der Waals surface area (Å²) < 4.78 is 6.24. The molecular weight excluding hydrogens is 356 g/mol. The van der Waals surface area contributed by atoms with Crippen LogP contribution in [0.5, 0.6) is 5.75 Å². The highest BCUT2D eigenvalue weighted by molar-refractivity contribution is 5.86. The lowest BCUT2D eigenvalue weighted by molar-refractivity contribution is 0.261. The maximum atomic E-state index is 6.24. The number of allylic oxidation sites excluding steroid dienone is 2. The molecule has 0 aliphatic heterocycles. The van der Waals surface area contributed by atoms with E-state index in [-0.39, 0.29) is 0 Å². The number of nitrogens with zero attached hydrogens (tertiary/aromatic N) is 2. The Morgan fingerprint density at radius 2 is 1.72 bits per heavy atom. The van der Waals surface area contributed by atoms with Gasteiger partial charge in [-0.05, 0) is 87.9 Å². The van der Waals surface area contributed by atoms with E-state index in [4.69, 9.17) is 4.74 Å². The van der Waals surface area contributed by atoms with Gasteiger partial charge in [0.15, 0.2) is 0 Å². The van der Waals surface area contributed by atoms with Gasteiger partial charge in [0.2, 0.25) is 0 Å². The van der Waals surface area contributed by atoms with Crippen molar-refractivity contribution in [3.8, 4) is 16.9 Å². The highest BCUT2D eigenvalue weighted by Crippen LogP contribution is 2.37. The van der Waals surface area contributed by atoms with Crippen LogP contribution in [0.1, 0.15) is 17.5 Å². The van der Waals surface area contributed by atoms with E-state index in [1.807, 2.05) is 0 Å². The van der Waals surface area contributed by atoms with Gasteiger partial charge in [-0.2, -0.15) is 0 Å². The lowest BCUT2D eigenvalue weighted by atomic mass is 9.88. The molecule has 0 N–H and O–H groups in total. The largest absolute Gasteiger partial charge is 0.492 e. The van der Waals surface area contributed by atoms with E-state index < -0.39 is 0 Å². The van der Waals surface area contributed by atoms with E-state index in [0.717, 1.165) is 25.3 Å². The number of benzene rings is 2. The molecule has 2 aromatic carbocycles. The summed E-state index contributed by atoms with van der Waals surface area (Å²) in [4.78, 5) is 4.37. The Balaban J connectivity index is 2.02. The molecule has 3 heteroatoms. The summed E-state index contributed by atoms with van der Waals surface area (Å²) in [5, 5.41) is 0. The molecule has 1 aliphatic rings. The molecule has 0 spiro atoms. The van der Waals surface area contributed by atoms with E-state index in [1.165, 1.54) is 33.4 Å². The van der Waals surface area contributed by atoms with Crippen LogP contribution in [0.4, 0.5) is 0 Å². The number of rotatable bonds is 8. The fourth-order valence-electron chi connectivity index (χ4n) is 3.64. The molecule has 153 valence electrons. The van der Waals surface area contributed by atoms with E-state index in [0.29, 0.717) is 6.61 Å². The first kappa shape index (κ1) is 21.4. The van der Waals surface area contributed by atoms with Crippen LogP contribution in [0, 0.1) is 13.3 Å². The fourth-order valence-corrected chi connectivity index (χ4v) is 3.64. The second-order valence-electron chi connectivity index (χ2n) is 8.20. The molecule has 29 heavy (non-hydrogen) atoms. The molecule has 0 amide bonds. The number of ether oxygens (including phenoxy) is 1. The molecule has 1 radical (unpaired) electrons. The molecule has 1 aliphatic carbocycles. The highest BCUT2D eigenvalue weighted by atomic mass is 16.5. The smallest absolute Gasteiger partial charge is 0.127 e. The quantitative estimate of drug-likeness (QED) is 0.626. The summed E-state index contributed by atoms with van der Waals surface area (Å²) in [5.74, 6) is 0.954. The van der Waals surface area contributed by atoms with Crippen LogP contribution in [0.15, 0.2) is 60.2 Å². The Kier molecular flexibility index (Phi) is 7.29. The maximum Gasteiger partial charge on any atom is 0.127 e. The topological polar surface area (TPSA) is 15.7 Å². The first-order chi connectivity index (χ1) is 14.0. The van der Waals surface area contributed by atoms with Gasteiger partial charge in [-0.15, -0.1) is 0 Å². The Bertz CT molecular complexity index is 893. The SMILES string of the molecule is Cc1ccccc1-c1ccc(OCCN(C)C)c(C2=C[CH]CC=C2CN(C)C)c1. The third kappa shape index (κ3) is 5.59. The summed E-state index contributed by atoms with van der Waals surface area (Å²) >= 11 is 0. The second-order valence-corrected chi connectivity index (χ2v) is 8.20. The minimum atomic E-state index is 0.674. The molecule has 0 aromatic heterocycles. The van der Waals surface area contributed by atoms with Crippen molar-refractivity contribution in [1.82, 2.24) is 9.80 Å². The van der Waals surface area contributed by atoms with Gasteiger partial charge in [-0.3, -0.25) is 0 Å². The van der Waals surface area contributed by atoms with Gasteiger partial charge in [-0.1, -0.05) is 42.5 Å². The third-order valence-corrected chi connectivity index (χ3v) is 5.14. The summed E-state index contributed by atoms with van der Waals surface area (Å²) in [6.07, 6.45) is 7.81. The Morgan fingerprint density at radius 3 is 2.45 bits per heavy atom. The lowest BCUT2D eigenvalue weighted by Crippen LogP contribution is -2.20. The normalized spacial score (nSPS) is 14.2. The molecule has 3 nitrogen and oxygen atoms in total. The molecule has 0 unspecified atom stereocenters. The van der Waals surface area contributed by atoms with Crippen molar-refractivity contribution >= 4 is 5.57 Å². The zero-order valence-electron chi connectivity index (χ0n) is 18.4. The third-order valence-electron chi connectivity index (χ3n) is 5.14. The molecule has 3 rings (SSSR count). The first-order valence-electron chi connectivity index (χ1n) is 10.3. The van der Waals surface area contributed by atoms with Crippen molar-refractivity contribution in [1.29, 1.82) is 0 Å². The maximum absolute atomic E-state index is 6.24. The van der Waals surface area contributed by atoms with Crippen molar-refractivity contribution in [2.45, 2.75) is 13.3 Å². The van der Waals surface area contributed by atoms with E-state index in [1.54, 1.807) is 0 Å². The van der Waals surface area contributed by atoms with Gasteiger partial charge in [0.1, 0.15) is 12.4 Å². The predicted octanol–water partition coefficient (Wildman–Crippen LogP) is 5.08. The summed E-state index contributed by atoms with van der Waals surface area (Å²) in [6, 6.07) is 15.2. The molecular formula is C26H33N2O. The molecule has 2 aromatic rings. The fraction of sp³-hybridized carbons (Fsp3) is 0.346. The van der Waals surface area contributed by atoms with Crippen LogP contribution in [0.2, 0.25) is 0 Å². The van der Waals surface area contributed by atoms with Crippen molar-refractivity contribution in [3.05, 3.63) is 77.7 Å². The van der Waals surface area contributed by atoms with Crippen LogP contribution in [0.3, 0.4) is 0 Å². The van der Waals surface area contributed by atoms with Gasteiger partial charge in [0.25, 0.3) is 0 Å². The standard InChI is InChI=1S/C26H33N2O/c1-20-10-6-8-12-23(20)21-14-15-26(29-17-16-27(2)3)25(18-21)24-13-9-7-11-22(24)19-28(4)5/h6,8-15,18H,7,16-17,19H2,1-5H3. The van der Waals surface area contributed by atoms with Gasteiger partial charge in [-0.25, -0.2) is 0 Å². The van der Waals surface area contributed by atoms with Crippen molar-refractivity contribution < 1.29 is 4.74 Å². The van der Waals surface area contributed by atoms with Crippen LogP contribution >= 0.6 is 0 Å². The van der Waals surface area contributed by atoms with Gasteiger partial charge in [0.05, 0.1) is 0 Å². The minimum absolute atomic E-state index is 0.674. The lowest BCUT2D eigenvalue weighted by Gasteiger charge is -2.23. The average molecular weight is 390 g/mol. The highest BCUT2D eigenvalue weighted by Gasteiger charge is 2.18. The zero-order valence-corrected chi connectivity index (χ0v) is 18.4. The zero-order chi connectivity index (χ0) is 20.8. The molecule has 0 saturated heterocycles. The summed E-state index contributed by atoms with van der Waals surface area (Å²) in [5.41, 5.74) is 7.58. The predicted molar refractivity (Wildman–Crippen MR) is 124 cm³/mol. The van der Waals surface area contributed by atoms with Gasteiger partial charge < -0.3 is 14.5 Å². The first-order valence-corrected chi connectivity index (χ1v) is 10.3. The molecule has 0 atom stereocenters. The summed E-state index contributed by atoms with van der Waals surface area (Å²) in [7, 11) is 8.38. The molecule has 0 bridgehead atoms. The number of aryl methyl sites for hydroxylation is 1. The van der Waals surface area contributed by atoms with Crippen LogP contribution < -0.4 is 4.74 Å². The monoisotopic (exact) mass is 389 g/mol. The minimum Gasteiger partial charge on any atom is -0.492 e. The molecule has 0 fully saturated rings.